The highest BCUT2D eigenvalue weighted by Gasteiger charge is 2.16. The van der Waals surface area contributed by atoms with Crippen molar-refractivity contribution in [2.75, 3.05) is 20.8 Å². The molecule has 8 nitrogen and oxygen atoms in total. The predicted octanol–water partition coefficient (Wildman–Crippen LogP) is 3.80. The molecule has 8 heteroatoms. The number of carbonyl (C=O) groups is 1. The Kier molecular flexibility index (Phi) is 6.56. The second-order valence-corrected chi connectivity index (χ2v) is 6.76. The molecule has 0 atom stereocenters. The monoisotopic (exact) mass is 412 g/mol. The highest BCUT2D eigenvalue weighted by Crippen LogP contribution is 2.31. The third kappa shape index (κ3) is 4.89. The van der Waals surface area contributed by atoms with E-state index >= 15 is 0 Å². The van der Waals surface area contributed by atoms with Crippen LogP contribution in [0.4, 0.5) is 0 Å². The van der Waals surface area contributed by atoms with Gasteiger partial charge in [0.25, 0.3) is 5.89 Å². The zero-order chi connectivity index (χ0) is 21.7. The maximum atomic E-state index is 12.1. The first-order chi connectivity index (χ1) is 14.4. The fourth-order valence-corrected chi connectivity index (χ4v) is 3.12. The average molecular weight is 412 g/mol. The van der Waals surface area contributed by atoms with E-state index in [1.54, 1.807) is 32.4 Å². The van der Waals surface area contributed by atoms with Crippen molar-refractivity contribution in [2.24, 2.45) is 0 Å². The number of hydrogen-bond donors (Lipinski definition) is 0. The molecule has 0 fully saturated rings. The maximum absolute atomic E-state index is 12.1. The summed E-state index contributed by atoms with van der Waals surface area (Å²) in [6, 6.07) is 9.25. The molecule has 0 N–H and O–H groups in total. The summed E-state index contributed by atoms with van der Waals surface area (Å²) < 4.78 is 26.5. The average Bonchev–Trinajstić information content (AvgIpc) is 3.19. The summed E-state index contributed by atoms with van der Waals surface area (Å²) in [4.78, 5) is 16.3. The van der Waals surface area contributed by atoms with E-state index in [-0.39, 0.29) is 19.1 Å². The molecule has 30 heavy (non-hydrogen) atoms. The van der Waals surface area contributed by atoms with Crippen molar-refractivity contribution < 1.29 is 28.3 Å². The van der Waals surface area contributed by atoms with E-state index in [1.807, 2.05) is 32.9 Å². The van der Waals surface area contributed by atoms with Gasteiger partial charge in [0.15, 0.2) is 13.2 Å². The van der Waals surface area contributed by atoms with Crippen molar-refractivity contribution in [3.8, 4) is 28.6 Å². The van der Waals surface area contributed by atoms with Crippen LogP contribution < -0.4 is 14.2 Å². The molecule has 0 amide bonds. The summed E-state index contributed by atoms with van der Waals surface area (Å²) in [5.41, 5.74) is 3.71. The van der Waals surface area contributed by atoms with Gasteiger partial charge in [-0.1, -0.05) is 22.9 Å². The van der Waals surface area contributed by atoms with Crippen molar-refractivity contribution in [3.05, 3.63) is 52.9 Å². The van der Waals surface area contributed by atoms with Gasteiger partial charge in [0.05, 0.1) is 19.8 Å². The Morgan fingerprint density at radius 3 is 2.43 bits per heavy atom. The summed E-state index contributed by atoms with van der Waals surface area (Å²) in [5, 5.41) is 3.92. The van der Waals surface area contributed by atoms with Gasteiger partial charge in [0, 0.05) is 6.07 Å². The van der Waals surface area contributed by atoms with Gasteiger partial charge >= 0.3 is 5.97 Å². The van der Waals surface area contributed by atoms with Crippen LogP contribution in [0, 0.1) is 20.8 Å². The maximum Gasteiger partial charge on any atom is 0.344 e. The number of hydrogen-bond acceptors (Lipinski definition) is 8. The largest absolute Gasteiger partial charge is 0.497 e. The molecule has 1 aromatic heterocycles. The third-order valence-corrected chi connectivity index (χ3v) is 4.41. The van der Waals surface area contributed by atoms with Crippen LogP contribution in [0.3, 0.4) is 0 Å². The smallest absolute Gasteiger partial charge is 0.344 e. The topological polar surface area (TPSA) is 92.9 Å². The van der Waals surface area contributed by atoms with Gasteiger partial charge in [-0.25, -0.2) is 4.79 Å². The summed E-state index contributed by atoms with van der Waals surface area (Å²) in [6.07, 6.45) is 0. The van der Waals surface area contributed by atoms with Gasteiger partial charge in [0.1, 0.15) is 17.2 Å². The predicted molar refractivity (Wildman–Crippen MR) is 109 cm³/mol. The van der Waals surface area contributed by atoms with Gasteiger partial charge in [-0.05, 0) is 44.0 Å². The Morgan fingerprint density at radius 1 is 1.03 bits per heavy atom. The standard InChI is InChI=1S/C22H24N2O6/c1-13-8-14(2)21(15(3)9-13)29-12-20(25)28-11-19-23-22(24-30-19)17-7-6-16(26-4)10-18(17)27-5/h6-10H,11-12H2,1-5H3. The fraction of sp³-hybridized carbons (Fsp3) is 0.318. The van der Waals surface area contributed by atoms with Gasteiger partial charge in [-0.2, -0.15) is 4.98 Å². The van der Waals surface area contributed by atoms with E-state index in [2.05, 4.69) is 10.1 Å². The highest BCUT2D eigenvalue weighted by molar-refractivity contribution is 5.71. The summed E-state index contributed by atoms with van der Waals surface area (Å²) in [5.74, 6) is 1.82. The van der Waals surface area contributed by atoms with E-state index < -0.39 is 5.97 Å². The second kappa shape index (κ2) is 9.30. The van der Waals surface area contributed by atoms with Crippen LogP contribution in [-0.2, 0) is 16.1 Å². The Labute approximate surface area is 174 Å². The summed E-state index contributed by atoms with van der Waals surface area (Å²) in [7, 11) is 3.11. The number of aromatic nitrogens is 2. The molecule has 0 saturated heterocycles. The minimum atomic E-state index is -0.531. The Morgan fingerprint density at radius 2 is 1.77 bits per heavy atom. The number of nitrogens with zero attached hydrogens (tertiary/aromatic N) is 2. The molecule has 2 aromatic carbocycles. The van der Waals surface area contributed by atoms with Crippen molar-refractivity contribution in [1.29, 1.82) is 0 Å². The lowest BCUT2D eigenvalue weighted by molar-refractivity contribution is -0.148. The van der Waals surface area contributed by atoms with E-state index in [4.69, 9.17) is 23.5 Å². The van der Waals surface area contributed by atoms with Crippen LogP contribution in [0.1, 0.15) is 22.6 Å². The number of methoxy groups -OCH3 is 2. The SMILES string of the molecule is COc1ccc(-c2noc(COC(=O)COc3c(C)cc(C)cc3C)n2)c(OC)c1. The number of aryl methyl sites for hydroxylation is 3. The van der Waals surface area contributed by atoms with E-state index in [0.717, 1.165) is 16.7 Å². The van der Waals surface area contributed by atoms with Gasteiger partial charge in [-0.15, -0.1) is 0 Å². The molecule has 3 aromatic rings. The molecule has 0 aliphatic carbocycles. The van der Waals surface area contributed by atoms with E-state index in [0.29, 0.717) is 28.6 Å². The number of rotatable bonds is 8. The molecule has 0 aliphatic heterocycles. The quantitative estimate of drug-likeness (QED) is 0.516. The van der Waals surface area contributed by atoms with Crippen LogP contribution in [0.25, 0.3) is 11.4 Å². The summed E-state index contributed by atoms with van der Waals surface area (Å²) >= 11 is 0. The van der Waals surface area contributed by atoms with Gasteiger partial charge < -0.3 is 23.5 Å². The molecule has 0 spiro atoms. The van der Waals surface area contributed by atoms with Crippen LogP contribution in [0.2, 0.25) is 0 Å². The molecule has 0 saturated carbocycles. The molecule has 158 valence electrons. The molecule has 0 aliphatic rings. The fourth-order valence-electron chi connectivity index (χ4n) is 3.12. The number of esters is 1. The molecular weight excluding hydrogens is 388 g/mol. The lowest BCUT2D eigenvalue weighted by Gasteiger charge is -2.12. The molecular formula is C22H24N2O6. The zero-order valence-electron chi connectivity index (χ0n) is 17.6. The Balaban J connectivity index is 1.59. The lowest BCUT2D eigenvalue weighted by Crippen LogP contribution is -2.15. The highest BCUT2D eigenvalue weighted by atomic mass is 16.6. The van der Waals surface area contributed by atoms with Crippen molar-refractivity contribution >= 4 is 5.97 Å². The third-order valence-electron chi connectivity index (χ3n) is 4.41. The van der Waals surface area contributed by atoms with Crippen LogP contribution in [-0.4, -0.2) is 36.9 Å². The summed E-state index contributed by atoms with van der Waals surface area (Å²) in [6.45, 7) is 5.53. The second-order valence-electron chi connectivity index (χ2n) is 6.76. The molecule has 0 bridgehead atoms. The van der Waals surface area contributed by atoms with Crippen LogP contribution in [0.15, 0.2) is 34.9 Å². The van der Waals surface area contributed by atoms with Crippen LogP contribution in [0.5, 0.6) is 17.2 Å². The van der Waals surface area contributed by atoms with Crippen LogP contribution >= 0.6 is 0 Å². The normalized spacial score (nSPS) is 10.6. The Hall–Kier alpha value is -3.55. The first-order valence-corrected chi connectivity index (χ1v) is 9.32. The Bertz CT molecular complexity index is 1020. The van der Waals surface area contributed by atoms with Crippen molar-refractivity contribution in [3.63, 3.8) is 0 Å². The number of carbonyl (C=O) groups excluding carboxylic acids is 1. The van der Waals surface area contributed by atoms with Gasteiger partial charge in [0.2, 0.25) is 5.82 Å². The minimum Gasteiger partial charge on any atom is -0.497 e. The molecule has 3 rings (SSSR count). The van der Waals surface area contributed by atoms with Crippen molar-refractivity contribution in [1.82, 2.24) is 10.1 Å². The first-order valence-electron chi connectivity index (χ1n) is 9.32. The molecule has 0 unspecified atom stereocenters. The zero-order valence-corrected chi connectivity index (χ0v) is 17.6. The lowest BCUT2D eigenvalue weighted by atomic mass is 10.1. The van der Waals surface area contributed by atoms with Crippen molar-refractivity contribution in [2.45, 2.75) is 27.4 Å². The van der Waals surface area contributed by atoms with E-state index in [9.17, 15) is 4.79 Å². The number of benzene rings is 2. The van der Waals surface area contributed by atoms with Gasteiger partial charge in [-0.3, -0.25) is 0 Å². The minimum absolute atomic E-state index is 0.153. The first kappa shape index (κ1) is 21.2. The molecule has 1 heterocycles. The van der Waals surface area contributed by atoms with E-state index in [1.165, 1.54) is 0 Å². The molecule has 0 radical (unpaired) electrons. The number of ether oxygens (including phenoxy) is 4.